The molecule has 88 valence electrons. The first-order valence-electron chi connectivity index (χ1n) is 5.98. The van der Waals surface area contributed by atoms with Crippen molar-refractivity contribution in [1.82, 2.24) is 10.6 Å². The first kappa shape index (κ1) is 12.3. The van der Waals surface area contributed by atoms with Crippen molar-refractivity contribution in [2.75, 3.05) is 13.1 Å². The molecule has 0 unspecified atom stereocenters. The topological polar surface area (TPSA) is 67.2 Å². The van der Waals surface area contributed by atoms with Gasteiger partial charge in [0.05, 0.1) is 5.54 Å². The van der Waals surface area contributed by atoms with E-state index in [0.717, 1.165) is 32.2 Å². The van der Waals surface area contributed by atoms with Gasteiger partial charge in [-0.25, -0.2) is 4.79 Å². The van der Waals surface area contributed by atoms with E-state index in [4.69, 9.17) is 5.73 Å². The number of rotatable bonds is 5. The summed E-state index contributed by atoms with van der Waals surface area (Å²) in [4.78, 5) is 11.6. The number of amides is 2. The highest BCUT2D eigenvalue weighted by molar-refractivity contribution is 5.74. The van der Waals surface area contributed by atoms with Gasteiger partial charge in [0, 0.05) is 13.1 Å². The number of unbranched alkanes of at least 4 members (excludes halogenated alkanes) is 1. The van der Waals surface area contributed by atoms with Crippen LogP contribution in [-0.2, 0) is 0 Å². The van der Waals surface area contributed by atoms with Gasteiger partial charge in [-0.1, -0.05) is 26.2 Å². The molecule has 0 heterocycles. The average molecular weight is 213 g/mol. The molecule has 0 saturated heterocycles. The summed E-state index contributed by atoms with van der Waals surface area (Å²) in [6, 6.07) is -0.0594. The third kappa shape index (κ3) is 3.70. The molecule has 1 aliphatic carbocycles. The molecule has 0 aliphatic heterocycles. The zero-order valence-corrected chi connectivity index (χ0v) is 9.64. The summed E-state index contributed by atoms with van der Waals surface area (Å²) in [5, 5.41) is 5.89. The van der Waals surface area contributed by atoms with Crippen molar-refractivity contribution in [2.45, 2.75) is 51.0 Å². The Morgan fingerprint density at radius 1 is 1.40 bits per heavy atom. The number of carbonyl (C=O) groups is 1. The third-order valence-electron chi connectivity index (χ3n) is 3.15. The van der Waals surface area contributed by atoms with Gasteiger partial charge < -0.3 is 16.4 Å². The summed E-state index contributed by atoms with van der Waals surface area (Å²) >= 11 is 0. The van der Waals surface area contributed by atoms with Gasteiger partial charge in [-0.3, -0.25) is 0 Å². The Morgan fingerprint density at radius 2 is 2.07 bits per heavy atom. The third-order valence-corrected chi connectivity index (χ3v) is 3.15. The lowest BCUT2D eigenvalue weighted by Gasteiger charge is -2.28. The molecular formula is C11H23N3O. The van der Waals surface area contributed by atoms with E-state index >= 15 is 0 Å². The zero-order valence-electron chi connectivity index (χ0n) is 9.64. The zero-order chi connectivity index (χ0) is 11.1. The van der Waals surface area contributed by atoms with Crippen LogP contribution in [0.3, 0.4) is 0 Å². The fourth-order valence-corrected chi connectivity index (χ4v) is 2.10. The molecule has 4 heteroatoms. The van der Waals surface area contributed by atoms with Crippen molar-refractivity contribution in [1.29, 1.82) is 0 Å². The molecule has 1 aliphatic rings. The molecule has 15 heavy (non-hydrogen) atoms. The molecule has 0 bridgehead atoms. The normalized spacial score (nSPS) is 18.8. The van der Waals surface area contributed by atoms with E-state index in [1.807, 2.05) is 0 Å². The van der Waals surface area contributed by atoms with Crippen molar-refractivity contribution in [3.8, 4) is 0 Å². The van der Waals surface area contributed by atoms with E-state index in [9.17, 15) is 4.79 Å². The largest absolute Gasteiger partial charge is 0.338 e. The molecule has 4 nitrogen and oxygen atoms in total. The second-order valence-electron chi connectivity index (χ2n) is 4.43. The monoisotopic (exact) mass is 213 g/mol. The summed E-state index contributed by atoms with van der Waals surface area (Å²) in [6.07, 6.45) is 6.51. The van der Waals surface area contributed by atoms with E-state index in [-0.39, 0.29) is 11.6 Å². The smallest absolute Gasteiger partial charge is 0.315 e. The van der Waals surface area contributed by atoms with E-state index < -0.39 is 0 Å². The number of urea groups is 1. The van der Waals surface area contributed by atoms with Gasteiger partial charge in [0.25, 0.3) is 0 Å². The second kappa shape index (κ2) is 5.95. The summed E-state index contributed by atoms with van der Waals surface area (Å²) < 4.78 is 0. The fraction of sp³-hybridized carbons (Fsp3) is 0.909. The molecule has 1 fully saturated rings. The maximum absolute atomic E-state index is 11.6. The maximum atomic E-state index is 11.6. The average Bonchev–Trinajstić information content (AvgIpc) is 2.67. The van der Waals surface area contributed by atoms with Crippen LogP contribution in [0.25, 0.3) is 0 Å². The Labute approximate surface area is 92.0 Å². The van der Waals surface area contributed by atoms with Crippen LogP contribution in [0.1, 0.15) is 45.4 Å². The van der Waals surface area contributed by atoms with Gasteiger partial charge in [0.15, 0.2) is 0 Å². The van der Waals surface area contributed by atoms with Gasteiger partial charge in [-0.05, 0) is 19.3 Å². The van der Waals surface area contributed by atoms with Crippen molar-refractivity contribution in [3.05, 3.63) is 0 Å². The molecular weight excluding hydrogens is 190 g/mol. The van der Waals surface area contributed by atoms with Gasteiger partial charge in [0.2, 0.25) is 0 Å². The number of hydrogen-bond acceptors (Lipinski definition) is 2. The predicted molar refractivity (Wildman–Crippen MR) is 61.7 cm³/mol. The first-order valence-corrected chi connectivity index (χ1v) is 5.98. The second-order valence-corrected chi connectivity index (χ2v) is 4.43. The molecule has 1 rings (SSSR count). The number of nitrogens with one attached hydrogen (secondary N) is 2. The SMILES string of the molecule is CCCCNC(=O)NC1(CN)CCCC1. The van der Waals surface area contributed by atoms with Gasteiger partial charge >= 0.3 is 6.03 Å². The van der Waals surface area contributed by atoms with Gasteiger partial charge in [-0.2, -0.15) is 0 Å². The summed E-state index contributed by atoms with van der Waals surface area (Å²) in [7, 11) is 0. The van der Waals surface area contributed by atoms with Crippen molar-refractivity contribution in [3.63, 3.8) is 0 Å². The quantitative estimate of drug-likeness (QED) is 0.604. The standard InChI is InChI=1S/C11H23N3O/c1-2-3-8-13-10(15)14-11(9-12)6-4-5-7-11/h2-9,12H2,1H3,(H2,13,14,15). The fourth-order valence-electron chi connectivity index (χ4n) is 2.10. The molecule has 0 spiro atoms. The number of carbonyl (C=O) groups excluding carboxylic acids is 1. The van der Waals surface area contributed by atoms with Crippen LogP contribution in [0.4, 0.5) is 4.79 Å². The lowest BCUT2D eigenvalue weighted by molar-refractivity contribution is 0.225. The number of hydrogen-bond donors (Lipinski definition) is 3. The van der Waals surface area contributed by atoms with Crippen LogP contribution in [0.5, 0.6) is 0 Å². The van der Waals surface area contributed by atoms with Gasteiger partial charge in [-0.15, -0.1) is 0 Å². The van der Waals surface area contributed by atoms with Crippen molar-refractivity contribution in [2.24, 2.45) is 5.73 Å². The van der Waals surface area contributed by atoms with Crippen LogP contribution in [0, 0.1) is 0 Å². The Hall–Kier alpha value is -0.770. The summed E-state index contributed by atoms with van der Waals surface area (Å²) in [6.45, 7) is 3.41. The Morgan fingerprint density at radius 3 is 2.60 bits per heavy atom. The maximum Gasteiger partial charge on any atom is 0.315 e. The van der Waals surface area contributed by atoms with Crippen LogP contribution < -0.4 is 16.4 Å². The van der Waals surface area contributed by atoms with Crippen LogP contribution in [0.2, 0.25) is 0 Å². The highest BCUT2D eigenvalue weighted by atomic mass is 16.2. The van der Waals surface area contributed by atoms with Crippen LogP contribution in [0.15, 0.2) is 0 Å². The minimum Gasteiger partial charge on any atom is -0.338 e. The lowest BCUT2D eigenvalue weighted by atomic mass is 9.98. The van der Waals surface area contributed by atoms with Crippen molar-refractivity contribution < 1.29 is 4.79 Å². The number of nitrogens with two attached hydrogens (primary N) is 1. The molecule has 0 aromatic carbocycles. The van der Waals surface area contributed by atoms with E-state index in [1.54, 1.807) is 0 Å². The summed E-state index contributed by atoms with van der Waals surface area (Å²) in [5.41, 5.74) is 5.60. The highest BCUT2D eigenvalue weighted by Crippen LogP contribution is 2.28. The molecule has 0 aromatic rings. The molecule has 0 atom stereocenters. The van der Waals surface area contributed by atoms with Gasteiger partial charge in [0.1, 0.15) is 0 Å². The van der Waals surface area contributed by atoms with Crippen molar-refractivity contribution >= 4 is 6.03 Å². The van der Waals surface area contributed by atoms with E-state index in [1.165, 1.54) is 12.8 Å². The van der Waals surface area contributed by atoms with E-state index in [0.29, 0.717) is 6.54 Å². The molecule has 0 radical (unpaired) electrons. The molecule has 2 amide bonds. The van der Waals surface area contributed by atoms with E-state index in [2.05, 4.69) is 17.6 Å². The molecule has 0 aromatic heterocycles. The van der Waals surface area contributed by atoms with Crippen LogP contribution in [-0.4, -0.2) is 24.7 Å². The predicted octanol–water partition coefficient (Wildman–Crippen LogP) is 1.36. The lowest BCUT2D eigenvalue weighted by Crippen LogP contribution is -2.54. The van der Waals surface area contributed by atoms with Crippen LogP contribution >= 0.6 is 0 Å². The summed E-state index contributed by atoms with van der Waals surface area (Å²) in [5.74, 6) is 0. The Balaban J connectivity index is 2.28. The molecule has 4 N–H and O–H groups in total. The minimum atomic E-state index is -0.129. The highest BCUT2D eigenvalue weighted by Gasteiger charge is 2.33. The minimum absolute atomic E-state index is 0.0594. The molecule has 1 saturated carbocycles. The Bertz CT molecular complexity index is 200. The Kier molecular flexibility index (Phi) is 4.88. The first-order chi connectivity index (χ1) is 7.22.